The highest BCUT2D eigenvalue weighted by atomic mass is 35.5. The third-order valence-electron chi connectivity index (χ3n) is 2.48. The maximum Gasteiger partial charge on any atom is 0.225 e. The zero-order valence-electron chi connectivity index (χ0n) is 11.3. The molecule has 0 heterocycles. The summed E-state index contributed by atoms with van der Waals surface area (Å²) in [6.07, 6.45) is 0. The molecule has 0 aliphatic heterocycles. The third kappa shape index (κ3) is 4.57. The van der Waals surface area contributed by atoms with E-state index >= 15 is 0 Å². The molecular weight excluding hydrogens is 250 g/mol. The Morgan fingerprint density at radius 3 is 2.61 bits per heavy atom. The second-order valence-corrected chi connectivity index (χ2v) is 5.67. The molecule has 0 saturated carbocycles. The van der Waals surface area contributed by atoms with Crippen LogP contribution >= 0.6 is 11.6 Å². The molecule has 0 radical (unpaired) electrons. The number of hydrogen-bond donors (Lipinski definition) is 1. The van der Waals surface area contributed by atoms with Crippen LogP contribution in [0.3, 0.4) is 0 Å². The van der Waals surface area contributed by atoms with E-state index in [4.69, 9.17) is 16.3 Å². The van der Waals surface area contributed by atoms with Crippen LogP contribution in [0.15, 0.2) is 18.2 Å². The first-order chi connectivity index (χ1) is 8.30. The number of halogens is 1. The van der Waals surface area contributed by atoms with E-state index in [2.05, 4.69) is 5.32 Å². The van der Waals surface area contributed by atoms with Crippen LogP contribution in [0.4, 0.5) is 0 Å². The minimum absolute atomic E-state index is 0.0213. The Labute approximate surface area is 113 Å². The summed E-state index contributed by atoms with van der Waals surface area (Å²) in [7, 11) is 0. The van der Waals surface area contributed by atoms with Gasteiger partial charge in [0.1, 0.15) is 12.4 Å². The predicted octanol–water partition coefficient (Wildman–Crippen LogP) is 3.19. The molecule has 0 spiro atoms. The molecule has 0 saturated heterocycles. The quantitative estimate of drug-likeness (QED) is 0.853. The number of benzene rings is 1. The van der Waals surface area contributed by atoms with Crippen molar-refractivity contribution in [3.63, 3.8) is 0 Å². The van der Waals surface area contributed by atoms with E-state index in [0.29, 0.717) is 18.2 Å². The minimum atomic E-state index is -0.368. The third-order valence-corrected chi connectivity index (χ3v) is 2.89. The van der Waals surface area contributed by atoms with Crippen LogP contribution in [0.5, 0.6) is 5.75 Å². The topological polar surface area (TPSA) is 38.3 Å². The van der Waals surface area contributed by atoms with Crippen molar-refractivity contribution in [2.45, 2.75) is 27.7 Å². The highest BCUT2D eigenvalue weighted by Crippen LogP contribution is 2.21. The van der Waals surface area contributed by atoms with Gasteiger partial charge in [-0.3, -0.25) is 4.79 Å². The van der Waals surface area contributed by atoms with Gasteiger partial charge in [-0.05, 0) is 24.6 Å². The molecule has 0 aliphatic carbocycles. The van der Waals surface area contributed by atoms with Gasteiger partial charge in [0.15, 0.2) is 0 Å². The van der Waals surface area contributed by atoms with Crippen molar-refractivity contribution in [2.24, 2.45) is 5.41 Å². The van der Waals surface area contributed by atoms with Gasteiger partial charge in [0.25, 0.3) is 0 Å². The van der Waals surface area contributed by atoms with Crippen LogP contribution in [0.2, 0.25) is 5.02 Å². The number of amides is 1. The van der Waals surface area contributed by atoms with E-state index in [0.717, 1.165) is 11.3 Å². The van der Waals surface area contributed by atoms with Crippen LogP contribution in [-0.4, -0.2) is 19.1 Å². The number of carbonyl (C=O) groups excluding carboxylic acids is 1. The van der Waals surface area contributed by atoms with Crippen LogP contribution in [0, 0.1) is 12.3 Å². The number of hydrogen-bond acceptors (Lipinski definition) is 2. The molecule has 0 unspecified atom stereocenters. The zero-order chi connectivity index (χ0) is 13.8. The molecule has 1 N–H and O–H groups in total. The molecule has 0 atom stereocenters. The first kappa shape index (κ1) is 14.8. The van der Waals surface area contributed by atoms with Gasteiger partial charge in [0, 0.05) is 10.4 Å². The van der Waals surface area contributed by atoms with Crippen molar-refractivity contribution in [1.82, 2.24) is 5.32 Å². The van der Waals surface area contributed by atoms with E-state index in [-0.39, 0.29) is 11.3 Å². The Bertz CT molecular complexity index is 424. The molecule has 0 bridgehead atoms. The van der Waals surface area contributed by atoms with E-state index in [1.54, 1.807) is 6.07 Å². The summed E-state index contributed by atoms with van der Waals surface area (Å²) in [5.41, 5.74) is 0.651. The van der Waals surface area contributed by atoms with Gasteiger partial charge in [0.2, 0.25) is 5.91 Å². The molecule has 1 aromatic carbocycles. The average Bonchev–Trinajstić information content (AvgIpc) is 2.27. The molecule has 18 heavy (non-hydrogen) atoms. The zero-order valence-corrected chi connectivity index (χ0v) is 12.1. The summed E-state index contributed by atoms with van der Waals surface area (Å²) in [6.45, 7) is 8.49. The summed E-state index contributed by atoms with van der Waals surface area (Å²) >= 11 is 5.99. The molecular formula is C14H20ClNO2. The highest BCUT2D eigenvalue weighted by Gasteiger charge is 2.20. The van der Waals surface area contributed by atoms with Crippen LogP contribution in [-0.2, 0) is 4.79 Å². The van der Waals surface area contributed by atoms with E-state index < -0.39 is 0 Å². The molecule has 0 aliphatic rings. The normalized spacial score (nSPS) is 11.2. The van der Waals surface area contributed by atoms with Crippen LogP contribution in [0.25, 0.3) is 0 Å². The maximum absolute atomic E-state index is 11.6. The van der Waals surface area contributed by atoms with Crippen molar-refractivity contribution < 1.29 is 9.53 Å². The van der Waals surface area contributed by atoms with Gasteiger partial charge in [0.05, 0.1) is 6.54 Å². The van der Waals surface area contributed by atoms with Gasteiger partial charge in [-0.25, -0.2) is 0 Å². The first-order valence-electron chi connectivity index (χ1n) is 5.98. The molecule has 3 nitrogen and oxygen atoms in total. The Balaban J connectivity index is 2.34. The predicted molar refractivity (Wildman–Crippen MR) is 74.1 cm³/mol. The lowest BCUT2D eigenvalue weighted by Crippen LogP contribution is -2.37. The molecule has 0 fully saturated rings. The Morgan fingerprint density at radius 1 is 1.39 bits per heavy atom. The monoisotopic (exact) mass is 269 g/mol. The van der Waals surface area contributed by atoms with Crippen molar-refractivity contribution in [3.05, 3.63) is 28.8 Å². The SMILES string of the molecule is Cc1ccc(OCCNC(=O)C(C)(C)C)cc1Cl. The van der Waals surface area contributed by atoms with Gasteiger partial charge >= 0.3 is 0 Å². The van der Waals surface area contributed by atoms with E-state index in [1.165, 1.54) is 0 Å². The number of ether oxygens (including phenoxy) is 1. The van der Waals surface area contributed by atoms with Crippen molar-refractivity contribution >= 4 is 17.5 Å². The van der Waals surface area contributed by atoms with Gasteiger partial charge < -0.3 is 10.1 Å². The maximum atomic E-state index is 11.6. The highest BCUT2D eigenvalue weighted by molar-refractivity contribution is 6.31. The fraction of sp³-hybridized carbons (Fsp3) is 0.500. The minimum Gasteiger partial charge on any atom is -0.492 e. The van der Waals surface area contributed by atoms with Crippen LogP contribution < -0.4 is 10.1 Å². The summed E-state index contributed by atoms with van der Waals surface area (Å²) in [5, 5.41) is 3.51. The molecule has 1 aromatic rings. The number of rotatable bonds is 4. The van der Waals surface area contributed by atoms with E-state index in [1.807, 2.05) is 39.8 Å². The Morgan fingerprint density at radius 2 is 2.06 bits per heavy atom. The standard InChI is InChI=1S/C14H20ClNO2/c1-10-5-6-11(9-12(10)15)18-8-7-16-13(17)14(2,3)4/h5-6,9H,7-8H2,1-4H3,(H,16,17). The Hall–Kier alpha value is -1.22. The van der Waals surface area contributed by atoms with Gasteiger partial charge in [-0.15, -0.1) is 0 Å². The van der Waals surface area contributed by atoms with Crippen LogP contribution in [0.1, 0.15) is 26.3 Å². The molecule has 100 valence electrons. The van der Waals surface area contributed by atoms with E-state index in [9.17, 15) is 4.79 Å². The average molecular weight is 270 g/mol. The first-order valence-corrected chi connectivity index (χ1v) is 6.36. The second-order valence-electron chi connectivity index (χ2n) is 5.27. The molecule has 0 aromatic heterocycles. The smallest absolute Gasteiger partial charge is 0.225 e. The van der Waals surface area contributed by atoms with Crippen molar-refractivity contribution in [3.8, 4) is 5.75 Å². The lowest BCUT2D eigenvalue weighted by atomic mass is 9.96. The largest absolute Gasteiger partial charge is 0.492 e. The van der Waals surface area contributed by atoms with Gasteiger partial charge in [-0.2, -0.15) is 0 Å². The molecule has 1 amide bonds. The Kier molecular flexibility index (Phi) is 5.03. The van der Waals surface area contributed by atoms with Crippen molar-refractivity contribution in [2.75, 3.05) is 13.2 Å². The number of aryl methyl sites for hydroxylation is 1. The molecule has 1 rings (SSSR count). The van der Waals surface area contributed by atoms with Crippen molar-refractivity contribution in [1.29, 1.82) is 0 Å². The molecule has 4 heteroatoms. The fourth-order valence-corrected chi connectivity index (χ4v) is 1.43. The lowest BCUT2D eigenvalue weighted by Gasteiger charge is -2.17. The second kappa shape index (κ2) is 6.10. The fourth-order valence-electron chi connectivity index (χ4n) is 1.26. The number of nitrogens with one attached hydrogen (secondary N) is 1. The summed E-state index contributed by atoms with van der Waals surface area (Å²) in [4.78, 5) is 11.6. The lowest BCUT2D eigenvalue weighted by molar-refractivity contribution is -0.128. The number of carbonyl (C=O) groups is 1. The van der Waals surface area contributed by atoms with Gasteiger partial charge in [-0.1, -0.05) is 38.4 Å². The summed E-state index contributed by atoms with van der Waals surface area (Å²) in [6, 6.07) is 5.56. The summed E-state index contributed by atoms with van der Waals surface area (Å²) in [5.74, 6) is 0.739. The summed E-state index contributed by atoms with van der Waals surface area (Å²) < 4.78 is 5.51.